The van der Waals surface area contributed by atoms with Gasteiger partial charge in [0.05, 0.1) is 31.1 Å². The zero-order valence-electron chi connectivity index (χ0n) is 10.7. The van der Waals surface area contributed by atoms with Crippen LogP contribution in [0.1, 0.15) is 5.82 Å². The average molecular weight is 253 g/mol. The number of nitrogens with two attached hydrogens (primary N) is 1. The Morgan fingerprint density at radius 3 is 2.79 bits per heavy atom. The zero-order valence-corrected chi connectivity index (χ0v) is 10.7. The van der Waals surface area contributed by atoms with Gasteiger partial charge in [0.2, 0.25) is 0 Å². The van der Waals surface area contributed by atoms with Gasteiger partial charge in [-0.15, -0.1) is 0 Å². The number of imidazole rings is 1. The SMILES string of the molecule is COc1ccccc1-c1cccc2cnc(CN)n12. The van der Waals surface area contributed by atoms with Gasteiger partial charge in [0.15, 0.2) is 0 Å². The van der Waals surface area contributed by atoms with Crippen LogP contribution < -0.4 is 10.5 Å². The van der Waals surface area contributed by atoms with Gasteiger partial charge in [-0.1, -0.05) is 18.2 Å². The Hall–Kier alpha value is -2.33. The fourth-order valence-electron chi connectivity index (χ4n) is 2.32. The van der Waals surface area contributed by atoms with Gasteiger partial charge in [-0.25, -0.2) is 4.98 Å². The summed E-state index contributed by atoms with van der Waals surface area (Å²) in [6, 6.07) is 14.0. The Labute approximate surface area is 111 Å². The predicted octanol–water partition coefficient (Wildman–Crippen LogP) is 2.47. The van der Waals surface area contributed by atoms with Crippen LogP contribution in [0.3, 0.4) is 0 Å². The zero-order chi connectivity index (χ0) is 13.2. The summed E-state index contributed by atoms with van der Waals surface area (Å²) in [5.41, 5.74) is 8.86. The smallest absolute Gasteiger partial charge is 0.128 e. The number of ether oxygens (including phenoxy) is 1. The molecule has 0 unspecified atom stereocenters. The van der Waals surface area contributed by atoms with Crippen LogP contribution >= 0.6 is 0 Å². The Balaban J connectivity index is 2.33. The number of aromatic nitrogens is 2. The van der Waals surface area contributed by atoms with Crippen LogP contribution in [0.4, 0.5) is 0 Å². The monoisotopic (exact) mass is 253 g/mol. The highest BCUT2D eigenvalue weighted by molar-refractivity contribution is 5.71. The first kappa shape index (κ1) is 11.7. The largest absolute Gasteiger partial charge is 0.496 e. The molecule has 0 fully saturated rings. The molecule has 2 N–H and O–H groups in total. The topological polar surface area (TPSA) is 52.5 Å². The lowest BCUT2D eigenvalue weighted by Crippen LogP contribution is -2.04. The number of pyridine rings is 1. The molecule has 0 aliphatic carbocycles. The number of hydrogen-bond donors (Lipinski definition) is 1. The quantitative estimate of drug-likeness (QED) is 0.780. The van der Waals surface area contributed by atoms with Crippen molar-refractivity contribution in [3.63, 3.8) is 0 Å². The number of rotatable bonds is 3. The Bertz CT molecular complexity index is 718. The van der Waals surface area contributed by atoms with E-state index in [0.717, 1.165) is 28.3 Å². The van der Waals surface area contributed by atoms with Crippen molar-refractivity contribution in [3.05, 3.63) is 54.5 Å². The lowest BCUT2D eigenvalue weighted by Gasteiger charge is -2.11. The van der Waals surface area contributed by atoms with E-state index in [4.69, 9.17) is 10.5 Å². The van der Waals surface area contributed by atoms with Gasteiger partial charge in [0.25, 0.3) is 0 Å². The van der Waals surface area contributed by atoms with E-state index in [0.29, 0.717) is 6.54 Å². The van der Waals surface area contributed by atoms with E-state index in [1.165, 1.54) is 0 Å². The second-order valence-electron chi connectivity index (χ2n) is 4.25. The molecule has 0 amide bonds. The minimum Gasteiger partial charge on any atom is -0.496 e. The third-order valence-electron chi connectivity index (χ3n) is 3.19. The van der Waals surface area contributed by atoms with Gasteiger partial charge < -0.3 is 10.5 Å². The molecule has 4 nitrogen and oxygen atoms in total. The first-order chi connectivity index (χ1) is 9.35. The van der Waals surface area contributed by atoms with Gasteiger partial charge in [-0.3, -0.25) is 4.40 Å². The molecule has 3 rings (SSSR count). The molecule has 4 heteroatoms. The molecular weight excluding hydrogens is 238 g/mol. The number of methoxy groups -OCH3 is 1. The molecule has 0 spiro atoms. The normalized spacial score (nSPS) is 10.8. The predicted molar refractivity (Wildman–Crippen MR) is 75.1 cm³/mol. The van der Waals surface area contributed by atoms with Gasteiger partial charge in [0.1, 0.15) is 11.6 Å². The van der Waals surface area contributed by atoms with Crippen molar-refractivity contribution < 1.29 is 4.74 Å². The summed E-state index contributed by atoms with van der Waals surface area (Å²) < 4.78 is 7.50. The fraction of sp³-hybridized carbons (Fsp3) is 0.133. The van der Waals surface area contributed by atoms with Crippen LogP contribution in [0.15, 0.2) is 48.7 Å². The summed E-state index contributed by atoms with van der Waals surface area (Å²) in [5.74, 6) is 1.68. The molecule has 0 bridgehead atoms. The van der Waals surface area contributed by atoms with Crippen molar-refractivity contribution in [2.24, 2.45) is 5.73 Å². The summed E-state index contributed by atoms with van der Waals surface area (Å²) in [6.45, 7) is 0.403. The molecule has 1 aromatic carbocycles. The van der Waals surface area contributed by atoms with Crippen LogP contribution in [0.5, 0.6) is 5.75 Å². The maximum absolute atomic E-state index is 5.76. The number of benzene rings is 1. The second kappa shape index (κ2) is 4.74. The first-order valence-corrected chi connectivity index (χ1v) is 6.14. The fourth-order valence-corrected chi connectivity index (χ4v) is 2.32. The molecule has 19 heavy (non-hydrogen) atoms. The molecule has 96 valence electrons. The number of nitrogens with zero attached hydrogens (tertiary/aromatic N) is 2. The third kappa shape index (κ3) is 1.86. The highest BCUT2D eigenvalue weighted by atomic mass is 16.5. The molecule has 0 radical (unpaired) electrons. The summed E-state index contributed by atoms with van der Waals surface area (Å²) in [4.78, 5) is 4.35. The molecule has 3 aromatic rings. The molecule has 2 heterocycles. The molecule has 2 aromatic heterocycles. The highest BCUT2D eigenvalue weighted by Crippen LogP contribution is 2.30. The average Bonchev–Trinajstić information content (AvgIpc) is 2.90. The van der Waals surface area contributed by atoms with E-state index < -0.39 is 0 Å². The van der Waals surface area contributed by atoms with Crippen molar-refractivity contribution in [1.82, 2.24) is 9.38 Å². The van der Waals surface area contributed by atoms with E-state index in [1.54, 1.807) is 7.11 Å². The van der Waals surface area contributed by atoms with Crippen LogP contribution in [-0.2, 0) is 6.54 Å². The minimum atomic E-state index is 0.403. The van der Waals surface area contributed by atoms with Crippen molar-refractivity contribution >= 4 is 5.52 Å². The Morgan fingerprint density at radius 2 is 2.00 bits per heavy atom. The minimum absolute atomic E-state index is 0.403. The van der Waals surface area contributed by atoms with E-state index in [2.05, 4.69) is 9.38 Å². The summed E-state index contributed by atoms with van der Waals surface area (Å²) in [7, 11) is 1.68. The molecule has 0 aliphatic heterocycles. The third-order valence-corrected chi connectivity index (χ3v) is 3.19. The van der Waals surface area contributed by atoms with Crippen molar-refractivity contribution in [2.75, 3.05) is 7.11 Å². The molecule has 0 aliphatic rings. The van der Waals surface area contributed by atoms with Gasteiger partial charge in [-0.2, -0.15) is 0 Å². The number of para-hydroxylation sites is 1. The van der Waals surface area contributed by atoms with E-state index in [1.807, 2.05) is 48.7 Å². The number of hydrogen-bond acceptors (Lipinski definition) is 3. The molecule has 0 atom stereocenters. The molecular formula is C15H15N3O. The lowest BCUT2D eigenvalue weighted by atomic mass is 10.1. The van der Waals surface area contributed by atoms with Gasteiger partial charge >= 0.3 is 0 Å². The maximum atomic E-state index is 5.76. The van der Waals surface area contributed by atoms with Crippen molar-refractivity contribution in [2.45, 2.75) is 6.54 Å². The summed E-state index contributed by atoms with van der Waals surface area (Å²) in [6.07, 6.45) is 1.83. The van der Waals surface area contributed by atoms with E-state index in [9.17, 15) is 0 Å². The molecule has 0 saturated heterocycles. The second-order valence-corrected chi connectivity index (χ2v) is 4.25. The summed E-state index contributed by atoms with van der Waals surface area (Å²) >= 11 is 0. The lowest BCUT2D eigenvalue weighted by molar-refractivity contribution is 0.416. The summed E-state index contributed by atoms with van der Waals surface area (Å²) in [5, 5.41) is 0. The Morgan fingerprint density at radius 1 is 1.16 bits per heavy atom. The maximum Gasteiger partial charge on any atom is 0.128 e. The first-order valence-electron chi connectivity index (χ1n) is 6.14. The van der Waals surface area contributed by atoms with Crippen molar-refractivity contribution in [1.29, 1.82) is 0 Å². The highest BCUT2D eigenvalue weighted by Gasteiger charge is 2.11. The van der Waals surface area contributed by atoms with Gasteiger partial charge in [-0.05, 0) is 24.3 Å². The van der Waals surface area contributed by atoms with Crippen LogP contribution in [-0.4, -0.2) is 16.5 Å². The van der Waals surface area contributed by atoms with E-state index >= 15 is 0 Å². The van der Waals surface area contributed by atoms with Crippen LogP contribution in [0.2, 0.25) is 0 Å². The number of fused-ring (bicyclic) bond motifs is 1. The van der Waals surface area contributed by atoms with Gasteiger partial charge in [0, 0.05) is 5.56 Å². The molecule has 0 saturated carbocycles. The van der Waals surface area contributed by atoms with Crippen LogP contribution in [0, 0.1) is 0 Å². The Kier molecular flexibility index (Phi) is 2.93. The van der Waals surface area contributed by atoms with Crippen molar-refractivity contribution in [3.8, 4) is 17.0 Å². The van der Waals surface area contributed by atoms with Crippen LogP contribution in [0.25, 0.3) is 16.8 Å². The standard InChI is InChI=1S/C15H15N3O/c1-19-14-8-3-2-6-12(14)13-7-4-5-11-10-17-15(9-16)18(11)13/h2-8,10H,9,16H2,1H3. The van der Waals surface area contributed by atoms with E-state index in [-0.39, 0.29) is 0 Å².